The van der Waals surface area contributed by atoms with E-state index in [2.05, 4.69) is 151 Å². The molecule has 0 unspecified atom stereocenters. The standard InChI is InChI=1S/C44H29N4.Zn/c1-5-13-29(14-6-1)41-33-21-23-35(45-33)42(30-15-7-2-8-16-30)37-25-27-39(47-37)44(32-19-11-4-12-20-32)40-28-26-38(48-40)43(31-17-9-3-10-18-31)36-24-22-34(41)46-36;/h1-28,45H;/q-1;. The molecule has 2 aliphatic heterocycles. The topological polar surface area (TPSA) is 55.7 Å². The van der Waals surface area contributed by atoms with E-state index in [4.69, 9.17) is 15.0 Å². The van der Waals surface area contributed by atoms with Gasteiger partial charge in [0.2, 0.25) is 0 Å². The maximum atomic E-state index is 5.33. The maximum Gasteiger partial charge on any atom is 0.0737 e. The summed E-state index contributed by atoms with van der Waals surface area (Å²) in [6.45, 7) is 0. The third-order valence-corrected chi connectivity index (χ3v) is 8.93. The molecule has 3 aromatic heterocycles. The quantitative estimate of drug-likeness (QED) is 0.189. The first-order valence-corrected chi connectivity index (χ1v) is 16.1. The van der Waals surface area contributed by atoms with E-state index in [1.54, 1.807) is 0 Å². The van der Waals surface area contributed by atoms with Crippen LogP contribution in [0.3, 0.4) is 0 Å². The summed E-state index contributed by atoms with van der Waals surface area (Å²) in [4.78, 5) is 19.8. The van der Waals surface area contributed by atoms with Crippen molar-refractivity contribution in [2.24, 2.45) is 0 Å². The molecule has 0 fully saturated rings. The Labute approximate surface area is 297 Å². The zero-order chi connectivity index (χ0) is 31.9. The molecule has 49 heavy (non-hydrogen) atoms. The van der Waals surface area contributed by atoms with Gasteiger partial charge in [-0.1, -0.05) is 133 Å². The van der Waals surface area contributed by atoms with E-state index in [0.717, 1.165) is 89.4 Å². The van der Waals surface area contributed by atoms with Crippen molar-refractivity contribution < 1.29 is 19.5 Å². The molecule has 228 valence electrons. The van der Waals surface area contributed by atoms with Crippen molar-refractivity contribution in [1.82, 2.24) is 19.9 Å². The molecular weight excluding hydrogens is 650 g/mol. The van der Waals surface area contributed by atoms with Crippen molar-refractivity contribution in [3.05, 3.63) is 168 Å². The second kappa shape index (κ2) is 13.0. The molecule has 4 nitrogen and oxygen atoms in total. The molecule has 0 aliphatic carbocycles. The molecular formula is C44H29N4Zn-. The molecule has 8 bridgehead atoms. The average Bonchev–Trinajstić information content (AvgIpc) is 3.98. The van der Waals surface area contributed by atoms with Crippen LogP contribution < -0.4 is 4.98 Å². The minimum Gasteiger partial charge on any atom is -0.657 e. The number of hydrogen-bond donors (Lipinski definition) is 1. The molecule has 0 radical (unpaired) electrons. The van der Waals surface area contributed by atoms with Crippen LogP contribution >= 0.6 is 0 Å². The summed E-state index contributed by atoms with van der Waals surface area (Å²) in [7, 11) is 0. The van der Waals surface area contributed by atoms with E-state index >= 15 is 0 Å². The Morgan fingerprint density at radius 1 is 0.347 bits per heavy atom. The van der Waals surface area contributed by atoms with Crippen molar-refractivity contribution in [3.8, 4) is 44.5 Å². The van der Waals surface area contributed by atoms with Crippen LogP contribution in [-0.2, 0) is 19.5 Å². The fourth-order valence-corrected chi connectivity index (χ4v) is 6.76. The van der Waals surface area contributed by atoms with Gasteiger partial charge in [-0.2, -0.15) is 0 Å². The van der Waals surface area contributed by atoms with E-state index in [1.165, 1.54) is 0 Å². The average molecular weight is 679 g/mol. The molecule has 0 atom stereocenters. The van der Waals surface area contributed by atoms with Crippen LogP contribution in [0.25, 0.3) is 90.9 Å². The number of aromatic nitrogens is 4. The van der Waals surface area contributed by atoms with Gasteiger partial charge in [0.05, 0.1) is 22.8 Å². The van der Waals surface area contributed by atoms with Gasteiger partial charge in [0.25, 0.3) is 0 Å². The van der Waals surface area contributed by atoms with Crippen molar-refractivity contribution >= 4 is 46.4 Å². The Kier molecular flexibility index (Phi) is 8.05. The summed E-state index contributed by atoms with van der Waals surface area (Å²) in [5.41, 5.74) is 15.6. The zero-order valence-electron chi connectivity index (χ0n) is 26.7. The summed E-state index contributed by atoms with van der Waals surface area (Å²) < 4.78 is 0. The minimum absolute atomic E-state index is 0. The van der Waals surface area contributed by atoms with Crippen molar-refractivity contribution in [2.45, 2.75) is 0 Å². The smallest absolute Gasteiger partial charge is 0.0737 e. The minimum atomic E-state index is 0. The first-order chi connectivity index (χ1) is 23.8. The second-order valence-electron chi connectivity index (χ2n) is 11.9. The summed E-state index contributed by atoms with van der Waals surface area (Å²) in [5.74, 6) is 0. The monoisotopic (exact) mass is 677 g/mol. The third-order valence-electron chi connectivity index (χ3n) is 8.93. The van der Waals surface area contributed by atoms with E-state index in [0.29, 0.717) is 0 Å². The van der Waals surface area contributed by atoms with Gasteiger partial charge in [0.1, 0.15) is 0 Å². The van der Waals surface area contributed by atoms with Gasteiger partial charge in [-0.15, -0.1) is 11.0 Å². The van der Waals surface area contributed by atoms with Crippen LogP contribution in [0.1, 0.15) is 22.8 Å². The molecule has 4 aromatic carbocycles. The number of benzene rings is 4. The number of fused-ring (bicyclic) bond motifs is 8. The molecule has 0 spiro atoms. The van der Waals surface area contributed by atoms with Gasteiger partial charge in [-0.25, -0.2) is 9.97 Å². The molecule has 9 rings (SSSR count). The predicted molar refractivity (Wildman–Crippen MR) is 200 cm³/mol. The largest absolute Gasteiger partial charge is 0.657 e. The normalized spacial score (nSPS) is 11.8. The summed E-state index contributed by atoms with van der Waals surface area (Å²) >= 11 is 0. The van der Waals surface area contributed by atoms with Crippen molar-refractivity contribution in [1.29, 1.82) is 0 Å². The number of rotatable bonds is 4. The number of aromatic amines is 1. The van der Waals surface area contributed by atoms with Gasteiger partial charge in [0, 0.05) is 41.6 Å². The zero-order valence-corrected chi connectivity index (χ0v) is 29.7. The van der Waals surface area contributed by atoms with Crippen molar-refractivity contribution in [3.63, 3.8) is 0 Å². The first-order valence-electron chi connectivity index (χ1n) is 16.1. The number of nitrogens with one attached hydrogen (secondary N) is 1. The Morgan fingerprint density at radius 3 is 1.00 bits per heavy atom. The molecule has 0 saturated carbocycles. The van der Waals surface area contributed by atoms with Crippen LogP contribution in [0, 0.1) is 0 Å². The maximum absolute atomic E-state index is 5.33. The molecule has 7 aromatic rings. The first kappa shape index (κ1) is 30.4. The van der Waals surface area contributed by atoms with E-state index in [1.807, 2.05) is 24.3 Å². The van der Waals surface area contributed by atoms with Crippen LogP contribution in [0.15, 0.2) is 146 Å². The SMILES string of the molecule is C1=Cc2nc1c(-c1ccccc1)c1ccc([n-]1)c(-c1ccccc1)c1nc(c(-c3ccccc3)c3ccc([nH]3)c2-c2ccccc2)C=C1.[Zn]. The third kappa shape index (κ3) is 5.59. The van der Waals surface area contributed by atoms with Gasteiger partial charge >= 0.3 is 0 Å². The van der Waals surface area contributed by atoms with Gasteiger partial charge in [-0.05, 0) is 69.8 Å². The van der Waals surface area contributed by atoms with Crippen LogP contribution in [0.5, 0.6) is 0 Å². The summed E-state index contributed by atoms with van der Waals surface area (Å²) in [6, 6.07) is 50.3. The summed E-state index contributed by atoms with van der Waals surface area (Å²) in [6.07, 6.45) is 8.48. The van der Waals surface area contributed by atoms with Crippen LogP contribution in [-0.4, -0.2) is 15.0 Å². The second-order valence-corrected chi connectivity index (χ2v) is 11.9. The summed E-state index contributed by atoms with van der Waals surface area (Å²) in [5, 5.41) is 0. The van der Waals surface area contributed by atoms with Crippen LogP contribution in [0.2, 0.25) is 0 Å². The van der Waals surface area contributed by atoms with E-state index in [9.17, 15) is 0 Å². The number of nitrogens with zero attached hydrogens (tertiary/aromatic N) is 3. The molecule has 2 aliphatic rings. The molecule has 1 N–H and O–H groups in total. The molecule has 5 heteroatoms. The Hall–Kier alpha value is -5.90. The van der Waals surface area contributed by atoms with Crippen molar-refractivity contribution in [2.75, 3.05) is 0 Å². The van der Waals surface area contributed by atoms with Gasteiger partial charge in [0.15, 0.2) is 0 Å². The number of H-pyrrole nitrogens is 1. The Balaban J connectivity index is 0.00000348. The molecule has 5 heterocycles. The fraction of sp³-hybridized carbons (Fsp3) is 0. The van der Waals surface area contributed by atoms with E-state index in [-0.39, 0.29) is 19.5 Å². The molecule has 0 saturated heterocycles. The van der Waals surface area contributed by atoms with E-state index < -0.39 is 0 Å². The molecule has 0 amide bonds. The van der Waals surface area contributed by atoms with Crippen LogP contribution in [0.4, 0.5) is 0 Å². The fourth-order valence-electron chi connectivity index (χ4n) is 6.76. The van der Waals surface area contributed by atoms with Gasteiger partial charge in [-0.3, -0.25) is 0 Å². The Bertz CT molecular complexity index is 2180. The predicted octanol–water partition coefficient (Wildman–Crippen LogP) is 11.0. The number of hydrogen-bond acceptors (Lipinski definition) is 2. The Morgan fingerprint density at radius 2 is 0.653 bits per heavy atom. The van der Waals surface area contributed by atoms with Gasteiger partial charge < -0.3 is 9.97 Å².